The molecule has 16 heavy (non-hydrogen) atoms. The Hall–Kier alpha value is -1.38. The highest BCUT2D eigenvalue weighted by Gasteiger charge is 1.84. The van der Waals surface area contributed by atoms with Crippen LogP contribution in [0.4, 0.5) is 0 Å². The summed E-state index contributed by atoms with van der Waals surface area (Å²) in [6, 6.07) is 15.5. The van der Waals surface area contributed by atoms with Gasteiger partial charge in [0.15, 0.2) is 0 Å². The minimum Gasteiger partial charge on any atom is -0.508 e. The molecule has 0 unspecified atom stereocenters. The zero-order chi connectivity index (χ0) is 11.8. The first-order valence-electron chi connectivity index (χ1n) is 4.50. The average molecular weight is 257 g/mol. The van der Waals surface area contributed by atoms with E-state index in [1.807, 2.05) is 18.2 Å². The minimum absolute atomic E-state index is 0.245. The molecule has 2 aromatic rings. The Kier molecular flexibility index (Phi) is 5.54. The van der Waals surface area contributed by atoms with Crippen molar-refractivity contribution in [2.45, 2.75) is 0 Å². The van der Waals surface area contributed by atoms with Gasteiger partial charge in [0.2, 0.25) is 0 Å². The quantitative estimate of drug-likeness (QED) is 0.826. The SMILES string of the molecule is ClOc1ccccc1.Oc1ccc(Cl)cc1. The van der Waals surface area contributed by atoms with Crippen LogP contribution >= 0.6 is 23.5 Å². The lowest BCUT2D eigenvalue weighted by Gasteiger charge is -1.89. The van der Waals surface area contributed by atoms with Gasteiger partial charge >= 0.3 is 0 Å². The maximum absolute atomic E-state index is 8.70. The number of hydrogen-bond acceptors (Lipinski definition) is 2. The molecule has 0 aliphatic rings. The molecule has 0 atom stereocenters. The normalized spacial score (nSPS) is 8.88. The van der Waals surface area contributed by atoms with E-state index >= 15 is 0 Å². The number of halogens is 2. The van der Waals surface area contributed by atoms with Crippen molar-refractivity contribution in [2.75, 3.05) is 0 Å². The van der Waals surface area contributed by atoms with E-state index in [0.29, 0.717) is 10.8 Å². The van der Waals surface area contributed by atoms with Crippen LogP contribution in [0.2, 0.25) is 5.02 Å². The molecule has 0 saturated heterocycles. The third-order valence-electron chi connectivity index (χ3n) is 1.66. The zero-order valence-electron chi connectivity index (χ0n) is 8.31. The molecule has 2 nitrogen and oxygen atoms in total. The van der Waals surface area contributed by atoms with Gasteiger partial charge in [-0.3, -0.25) is 0 Å². The van der Waals surface area contributed by atoms with Gasteiger partial charge in [0.25, 0.3) is 0 Å². The fourth-order valence-electron chi connectivity index (χ4n) is 0.913. The Morgan fingerprint density at radius 3 is 1.81 bits per heavy atom. The first-order chi connectivity index (χ1) is 7.72. The summed E-state index contributed by atoms with van der Waals surface area (Å²) in [4.78, 5) is 0. The molecular formula is C12H10Cl2O2. The van der Waals surface area contributed by atoms with Crippen LogP contribution in [0.1, 0.15) is 0 Å². The summed E-state index contributed by atoms with van der Waals surface area (Å²) in [6.45, 7) is 0. The Morgan fingerprint density at radius 1 is 0.875 bits per heavy atom. The second-order valence-corrected chi connectivity index (χ2v) is 3.46. The molecule has 2 rings (SSSR count). The van der Waals surface area contributed by atoms with Crippen LogP contribution in [0.5, 0.6) is 11.5 Å². The lowest BCUT2D eigenvalue weighted by molar-refractivity contribution is 0.475. The van der Waals surface area contributed by atoms with E-state index in [9.17, 15) is 0 Å². The molecule has 0 aliphatic carbocycles. The molecule has 0 heterocycles. The van der Waals surface area contributed by atoms with Crippen molar-refractivity contribution in [3.05, 3.63) is 59.6 Å². The molecule has 4 heteroatoms. The lowest BCUT2D eigenvalue weighted by Crippen LogP contribution is -1.69. The number of aromatic hydroxyl groups is 1. The summed E-state index contributed by atoms with van der Waals surface area (Å²) in [5, 5.41) is 9.34. The topological polar surface area (TPSA) is 29.5 Å². The van der Waals surface area contributed by atoms with Crippen molar-refractivity contribution in [2.24, 2.45) is 0 Å². The lowest BCUT2D eigenvalue weighted by atomic mass is 10.3. The largest absolute Gasteiger partial charge is 0.508 e. The van der Waals surface area contributed by atoms with Gasteiger partial charge in [-0.25, -0.2) is 0 Å². The molecule has 0 spiro atoms. The zero-order valence-corrected chi connectivity index (χ0v) is 9.82. The van der Waals surface area contributed by atoms with Crippen LogP contribution in [0.3, 0.4) is 0 Å². The minimum atomic E-state index is 0.245. The van der Waals surface area contributed by atoms with Crippen molar-refractivity contribution < 1.29 is 9.40 Å². The fourth-order valence-corrected chi connectivity index (χ4v) is 1.14. The molecule has 0 bridgehead atoms. The summed E-state index contributed by atoms with van der Waals surface area (Å²) in [5.41, 5.74) is 0. The molecule has 0 aliphatic heterocycles. The Morgan fingerprint density at radius 2 is 1.44 bits per heavy atom. The molecule has 1 N–H and O–H groups in total. The van der Waals surface area contributed by atoms with Crippen molar-refractivity contribution >= 4 is 23.5 Å². The third kappa shape index (κ3) is 4.91. The molecule has 0 saturated carbocycles. The van der Waals surface area contributed by atoms with E-state index in [1.54, 1.807) is 36.4 Å². The van der Waals surface area contributed by atoms with E-state index in [-0.39, 0.29) is 5.75 Å². The number of hydrogen-bond donors (Lipinski definition) is 1. The van der Waals surface area contributed by atoms with Gasteiger partial charge in [-0.15, -0.1) is 0 Å². The number of phenols is 1. The van der Waals surface area contributed by atoms with E-state index in [1.165, 1.54) is 0 Å². The summed E-state index contributed by atoms with van der Waals surface area (Å²) < 4.78 is 4.39. The summed E-state index contributed by atoms with van der Waals surface area (Å²) in [5.74, 6) is 0.920. The Bertz CT molecular complexity index is 380. The van der Waals surface area contributed by atoms with Crippen molar-refractivity contribution in [1.82, 2.24) is 0 Å². The Labute approximate surface area is 104 Å². The van der Waals surface area contributed by atoms with Gasteiger partial charge in [-0.05, 0) is 36.4 Å². The van der Waals surface area contributed by atoms with Gasteiger partial charge in [0.1, 0.15) is 23.4 Å². The van der Waals surface area contributed by atoms with Gasteiger partial charge < -0.3 is 9.40 Å². The van der Waals surface area contributed by atoms with Gasteiger partial charge in [-0.2, -0.15) is 0 Å². The van der Waals surface area contributed by atoms with E-state index < -0.39 is 0 Å². The van der Waals surface area contributed by atoms with Crippen LogP contribution in [0, 0.1) is 0 Å². The van der Waals surface area contributed by atoms with Gasteiger partial charge in [-0.1, -0.05) is 29.8 Å². The standard InChI is InChI=1S/2C6H5ClO/c7-5-1-3-6(8)4-2-5;7-8-6-4-2-1-3-5-6/h1-4,8H;1-5H. The number of para-hydroxylation sites is 1. The van der Waals surface area contributed by atoms with E-state index in [0.717, 1.165) is 0 Å². The highest BCUT2D eigenvalue weighted by molar-refractivity contribution is 6.30. The van der Waals surface area contributed by atoms with Crippen molar-refractivity contribution in [1.29, 1.82) is 0 Å². The molecule has 2 aromatic carbocycles. The van der Waals surface area contributed by atoms with Crippen LogP contribution in [0.25, 0.3) is 0 Å². The highest BCUT2D eigenvalue weighted by atomic mass is 35.5. The second-order valence-electron chi connectivity index (χ2n) is 2.87. The first-order valence-corrected chi connectivity index (χ1v) is 5.19. The Balaban J connectivity index is 0.000000160. The maximum atomic E-state index is 8.70. The van der Waals surface area contributed by atoms with Crippen LogP contribution in [-0.4, -0.2) is 5.11 Å². The molecular weight excluding hydrogens is 247 g/mol. The molecule has 0 aromatic heterocycles. The maximum Gasteiger partial charge on any atom is 0.146 e. The van der Waals surface area contributed by atoms with Gasteiger partial charge in [0, 0.05) is 5.02 Å². The monoisotopic (exact) mass is 256 g/mol. The second kappa shape index (κ2) is 6.99. The molecule has 0 fully saturated rings. The average Bonchev–Trinajstić information content (AvgIpc) is 2.35. The molecule has 84 valence electrons. The van der Waals surface area contributed by atoms with Crippen molar-refractivity contribution in [3.63, 3.8) is 0 Å². The summed E-state index contributed by atoms with van der Waals surface area (Å²) in [6.07, 6.45) is 0. The van der Waals surface area contributed by atoms with Crippen LogP contribution in [0.15, 0.2) is 54.6 Å². The summed E-state index contributed by atoms with van der Waals surface area (Å²) >= 11 is 10.5. The number of rotatable bonds is 1. The van der Waals surface area contributed by atoms with E-state index in [2.05, 4.69) is 4.29 Å². The predicted octanol–water partition coefficient (Wildman–Crippen LogP) is 4.26. The number of phenolic OH excluding ortho intramolecular Hbond substituents is 1. The number of benzene rings is 2. The van der Waals surface area contributed by atoms with Gasteiger partial charge in [0.05, 0.1) is 0 Å². The third-order valence-corrected chi connectivity index (χ3v) is 2.09. The predicted molar refractivity (Wildman–Crippen MR) is 66.0 cm³/mol. The fraction of sp³-hybridized carbons (Fsp3) is 0. The van der Waals surface area contributed by atoms with Crippen molar-refractivity contribution in [3.8, 4) is 11.5 Å². The summed E-state index contributed by atoms with van der Waals surface area (Å²) in [7, 11) is 0. The molecule has 0 amide bonds. The first kappa shape index (κ1) is 12.7. The van der Waals surface area contributed by atoms with Crippen LogP contribution < -0.4 is 4.29 Å². The van der Waals surface area contributed by atoms with Crippen LogP contribution in [-0.2, 0) is 0 Å². The highest BCUT2D eigenvalue weighted by Crippen LogP contribution is 2.12. The van der Waals surface area contributed by atoms with E-state index in [4.69, 9.17) is 28.6 Å². The smallest absolute Gasteiger partial charge is 0.146 e. The molecule has 0 radical (unpaired) electrons.